The molecular formula is C43H58N6O3. The Hall–Kier alpha value is -4.63. The molecule has 2 aromatic carbocycles. The number of hydrogen-bond acceptors (Lipinski definition) is 6. The van der Waals surface area contributed by atoms with Crippen molar-refractivity contribution in [3.05, 3.63) is 78.4 Å². The van der Waals surface area contributed by atoms with Crippen molar-refractivity contribution in [3.8, 4) is 5.75 Å². The van der Waals surface area contributed by atoms with E-state index in [0.29, 0.717) is 18.7 Å². The Balaban J connectivity index is 1.69. The van der Waals surface area contributed by atoms with Crippen LogP contribution < -0.4 is 19.9 Å². The summed E-state index contributed by atoms with van der Waals surface area (Å²) in [6.07, 6.45) is 9.44. The Labute approximate surface area is 310 Å². The van der Waals surface area contributed by atoms with Crippen molar-refractivity contribution in [2.75, 3.05) is 63.0 Å². The molecule has 5 rings (SSSR count). The largest absolute Gasteiger partial charge is 0.494 e. The van der Waals surface area contributed by atoms with Gasteiger partial charge in [0.15, 0.2) is 5.78 Å². The fraction of sp³-hybridized carbons (Fsp3) is 0.465. The maximum Gasteiger partial charge on any atom is 0.228 e. The van der Waals surface area contributed by atoms with Crippen molar-refractivity contribution in [3.63, 3.8) is 0 Å². The number of para-hydroxylation sites is 1. The molecule has 0 saturated carbocycles. The van der Waals surface area contributed by atoms with E-state index in [1.165, 1.54) is 17.2 Å². The molecule has 1 fully saturated rings. The molecule has 9 nitrogen and oxygen atoms in total. The standard InChI is InChI=1S/C43H58N6O3/c1-11-17-34(40-32-20-14-18-31-19-15-23-49(41(31)32)43(40)48-22-16-21-39(48)51)44-42(28(4)12-2)45-35-26-33(29(5)30(6)37(50)13-3)36(27-38(35)52-10)47(9)25-24-46(7)8/h11,13-14,17-18,20,26-30H,1,3,12,15-16,19,21-25H2,2,4-10H3,(H,44,45)/b34-17-. The van der Waals surface area contributed by atoms with E-state index < -0.39 is 0 Å². The normalized spacial score (nSPS) is 16.6. The molecule has 3 unspecified atom stereocenters. The number of ketones is 1. The molecule has 9 heteroatoms. The second-order valence-electron chi connectivity index (χ2n) is 14.7. The minimum atomic E-state index is -0.263. The number of likely N-dealkylation sites (N-methyl/N-ethyl adjacent to an activating group) is 2. The molecule has 278 valence electrons. The molecule has 1 saturated heterocycles. The molecular weight excluding hydrogens is 649 g/mol. The lowest BCUT2D eigenvalue weighted by molar-refractivity contribution is -0.118. The van der Waals surface area contributed by atoms with Gasteiger partial charge < -0.3 is 24.4 Å². The third kappa shape index (κ3) is 7.75. The molecule has 1 N–H and O–H groups in total. The summed E-state index contributed by atoms with van der Waals surface area (Å²) in [6, 6.07) is 10.7. The van der Waals surface area contributed by atoms with E-state index >= 15 is 0 Å². The van der Waals surface area contributed by atoms with Crippen molar-refractivity contribution in [1.29, 1.82) is 0 Å². The monoisotopic (exact) mass is 706 g/mol. The van der Waals surface area contributed by atoms with Gasteiger partial charge in [-0.1, -0.05) is 65.1 Å². The van der Waals surface area contributed by atoms with Gasteiger partial charge in [0.1, 0.15) is 17.4 Å². The van der Waals surface area contributed by atoms with Crippen LogP contribution in [0.2, 0.25) is 0 Å². The molecule has 0 spiro atoms. The van der Waals surface area contributed by atoms with Crippen LogP contribution in [0.15, 0.2) is 66.7 Å². The number of carbonyl (C=O) groups is 2. The first-order chi connectivity index (χ1) is 24.9. The van der Waals surface area contributed by atoms with Gasteiger partial charge in [0.2, 0.25) is 5.91 Å². The number of methoxy groups -OCH3 is 1. The topological polar surface area (TPSA) is 82.4 Å². The van der Waals surface area contributed by atoms with E-state index in [-0.39, 0.29) is 29.4 Å². The SMILES string of the molecule is C=C/C=C(\N=C(Nc1cc(C(C)C(C)C(=O)C=C)c(N(C)CCN(C)C)cc1OC)C(C)CC)c1c(N2CCCC2=O)n2c3c(cccc13)CCC2. The number of amidine groups is 1. The average Bonchev–Trinajstić information content (AvgIpc) is 3.72. The molecule has 3 aromatic rings. The van der Waals surface area contributed by atoms with Crippen LogP contribution in [0.3, 0.4) is 0 Å². The van der Waals surface area contributed by atoms with Crippen molar-refractivity contribution in [2.45, 2.75) is 72.3 Å². The summed E-state index contributed by atoms with van der Waals surface area (Å²) in [5.74, 6) is 2.27. The molecule has 0 radical (unpaired) electrons. The first kappa shape index (κ1) is 38.6. The van der Waals surface area contributed by atoms with E-state index in [0.717, 1.165) is 90.6 Å². The second kappa shape index (κ2) is 16.8. The summed E-state index contributed by atoms with van der Waals surface area (Å²) >= 11 is 0. The van der Waals surface area contributed by atoms with Gasteiger partial charge in [0.25, 0.3) is 0 Å². The van der Waals surface area contributed by atoms with Gasteiger partial charge in [-0.2, -0.15) is 0 Å². The van der Waals surface area contributed by atoms with E-state index in [1.54, 1.807) is 13.2 Å². The van der Waals surface area contributed by atoms with Crippen molar-refractivity contribution < 1.29 is 14.3 Å². The van der Waals surface area contributed by atoms with Crippen LogP contribution in [-0.2, 0) is 22.6 Å². The number of nitrogens with zero attached hydrogens (tertiary/aromatic N) is 5. The molecule has 3 atom stereocenters. The number of ether oxygens (including phenoxy) is 1. The molecule has 2 aliphatic heterocycles. The lowest BCUT2D eigenvalue weighted by Gasteiger charge is -2.30. The highest BCUT2D eigenvalue weighted by atomic mass is 16.5. The molecule has 1 aromatic heterocycles. The number of hydrogen-bond donors (Lipinski definition) is 1. The van der Waals surface area contributed by atoms with Gasteiger partial charge in [-0.3, -0.25) is 14.5 Å². The maximum absolute atomic E-state index is 13.4. The second-order valence-corrected chi connectivity index (χ2v) is 14.7. The number of aliphatic imine (C=N–C) groups is 1. The van der Waals surface area contributed by atoms with Gasteiger partial charge in [-0.05, 0) is 75.0 Å². The van der Waals surface area contributed by atoms with Gasteiger partial charge in [-0.25, -0.2) is 4.99 Å². The predicted octanol–water partition coefficient (Wildman–Crippen LogP) is 8.30. The Bertz CT molecular complexity index is 1880. The fourth-order valence-electron chi connectivity index (χ4n) is 7.46. The minimum Gasteiger partial charge on any atom is -0.494 e. The number of benzene rings is 2. The molecule has 0 aliphatic carbocycles. The summed E-state index contributed by atoms with van der Waals surface area (Å²) in [6.45, 7) is 19.5. The summed E-state index contributed by atoms with van der Waals surface area (Å²) < 4.78 is 8.41. The van der Waals surface area contributed by atoms with Gasteiger partial charge in [0.05, 0.1) is 29.6 Å². The third-order valence-electron chi connectivity index (χ3n) is 10.9. The van der Waals surface area contributed by atoms with E-state index in [4.69, 9.17) is 9.73 Å². The Morgan fingerprint density at radius 3 is 2.46 bits per heavy atom. The van der Waals surface area contributed by atoms with E-state index in [1.807, 2.05) is 17.9 Å². The highest BCUT2D eigenvalue weighted by molar-refractivity contribution is 6.09. The summed E-state index contributed by atoms with van der Waals surface area (Å²) in [4.78, 5) is 38.1. The van der Waals surface area contributed by atoms with Crippen LogP contribution in [0.4, 0.5) is 17.2 Å². The molecule has 2 aliphatic rings. The highest BCUT2D eigenvalue weighted by Crippen LogP contribution is 2.44. The zero-order valence-electron chi connectivity index (χ0n) is 32.6. The highest BCUT2D eigenvalue weighted by Gasteiger charge is 2.33. The molecule has 0 bridgehead atoms. The van der Waals surface area contributed by atoms with Crippen LogP contribution >= 0.6 is 0 Å². The van der Waals surface area contributed by atoms with Crippen LogP contribution in [0.5, 0.6) is 5.75 Å². The first-order valence-corrected chi connectivity index (χ1v) is 18.8. The quantitative estimate of drug-likeness (QED) is 0.0699. The van der Waals surface area contributed by atoms with E-state index in [9.17, 15) is 9.59 Å². The zero-order valence-corrected chi connectivity index (χ0v) is 32.6. The lowest BCUT2D eigenvalue weighted by atomic mass is 9.84. The Morgan fingerprint density at radius 2 is 1.83 bits per heavy atom. The first-order valence-electron chi connectivity index (χ1n) is 18.8. The molecule has 1 amide bonds. The lowest BCUT2D eigenvalue weighted by Crippen LogP contribution is -2.30. The number of aryl methyl sites for hydroxylation is 2. The summed E-state index contributed by atoms with van der Waals surface area (Å²) in [7, 11) is 7.91. The number of allylic oxidation sites excluding steroid dienone is 3. The number of rotatable bonds is 16. The van der Waals surface area contributed by atoms with E-state index in [2.05, 4.69) is 105 Å². The van der Waals surface area contributed by atoms with Crippen LogP contribution in [0.1, 0.15) is 76.0 Å². The van der Waals surface area contributed by atoms with Crippen molar-refractivity contribution in [2.24, 2.45) is 16.8 Å². The number of carbonyl (C=O) groups excluding carboxylic acids is 2. The third-order valence-corrected chi connectivity index (χ3v) is 10.9. The average molecular weight is 707 g/mol. The number of nitrogens with one attached hydrogen (secondary N) is 1. The van der Waals surface area contributed by atoms with Crippen molar-refractivity contribution in [1.82, 2.24) is 9.47 Å². The summed E-state index contributed by atoms with van der Waals surface area (Å²) in [5, 5.41) is 4.83. The van der Waals surface area contributed by atoms with Crippen LogP contribution in [0, 0.1) is 11.8 Å². The van der Waals surface area contributed by atoms with Crippen LogP contribution in [0.25, 0.3) is 16.6 Å². The summed E-state index contributed by atoms with van der Waals surface area (Å²) in [5.41, 5.74) is 7.06. The minimum absolute atomic E-state index is 0.0133. The Kier molecular flexibility index (Phi) is 12.5. The number of aromatic nitrogens is 1. The molecule has 3 heterocycles. The Morgan fingerprint density at radius 1 is 1.08 bits per heavy atom. The number of anilines is 3. The smallest absolute Gasteiger partial charge is 0.228 e. The molecule has 52 heavy (non-hydrogen) atoms. The fourth-order valence-corrected chi connectivity index (χ4v) is 7.46. The number of amides is 1. The van der Waals surface area contributed by atoms with Gasteiger partial charge >= 0.3 is 0 Å². The predicted molar refractivity (Wildman–Crippen MR) is 218 cm³/mol. The van der Waals surface area contributed by atoms with Gasteiger partial charge in [0, 0.05) is 68.6 Å². The van der Waals surface area contributed by atoms with Crippen molar-refractivity contribution >= 4 is 51.3 Å². The maximum atomic E-state index is 13.4. The van der Waals surface area contributed by atoms with Gasteiger partial charge in [-0.15, -0.1) is 0 Å². The zero-order chi connectivity index (χ0) is 37.7. The van der Waals surface area contributed by atoms with Crippen LogP contribution in [-0.4, -0.2) is 74.9 Å².